The Morgan fingerprint density at radius 3 is 2.22 bits per heavy atom. The quantitative estimate of drug-likeness (QED) is 0.131. The Labute approximate surface area is 241 Å². The van der Waals surface area contributed by atoms with E-state index in [2.05, 4.69) is 31.9 Å². The molecule has 0 unspecified atom stereocenters. The van der Waals surface area contributed by atoms with Crippen molar-refractivity contribution in [1.82, 2.24) is 31.9 Å². The Morgan fingerprint density at radius 1 is 0.976 bits per heavy atom. The van der Waals surface area contributed by atoms with Gasteiger partial charge < -0.3 is 38.1 Å². The Morgan fingerprint density at radius 2 is 1.61 bits per heavy atom. The second-order valence-corrected chi connectivity index (χ2v) is 10.9. The summed E-state index contributed by atoms with van der Waals surface area (Å²) in [6.45, 7) is 7.24. The second-order valence-electron chi connectivity index (χ2n) is 10.9. The summed E-state index contributed by atoms with van der Waals surface area (Å²) in [4.78, 5) is 66.5. The van der Waals surface area contributed by atoms with E-state index in [1.165, 1.54) is 0 Å². The molecular weight excluding hydrogens is 528 g/mol. The number of nitrogens with one attached hydrogen (secondary N) is 6. The smallest absolute Gasteiger partial charge is 0.247 e. The molecule has 1 aromatic carbocycles. The highest BCUT2D eigenvalue weighted by molar-refractivity contribution is 5.97. The second kappa shape index (κ2) is 16.0. The molecule has 1 heterocycles. The van der Waals surface area contributed by atoms with Gasteiger partial charge in [-0.05, 0) is 44.7 Å². The first kappa shape index (κ1) is 33.7. The monoisotopic (exact) mass is 574 g/mol. The molecule has 1 aliphatic heterocycles. The van der Waals surface area contributed by atoms with Gasteiger partial charge in [-0.15, -0.1) is 0 Å². The zero-order valence-electron chi connectivity index (χ0n) is 24.4. The summed E-state index contributed by atoms with van der Waals surface area (Å²) in [5.74, 6) is -2.90. The van der Waals surface area contributed by atoms with Gasteiger partial charge in [0.15, 0.2) is 0 Å². The van der Waals surface area contributed by atoms with E-state index >= 15 is 0 Å². The van der Waals surface area contributed by atoms with Gasteiger partial charge in [0.2, 0.25) is 29.5 Å². The van der Waals surface area contributed by atoms with Crippen LogP contribution in [0.3, 0.4) is 0 Å². The van der Waals surface area contributed by atoms with Gasteiger partial charge in [0, 0.05) is 12.5 Å². The van der Waals surface area contributed by atoms with Crippen molar-refractivity contribution in [2.75, 3.05) is 13.1 Å². The molecule has 2 rings (SSSR count). The molecule has 0 bridgehead atoms. The first-order valence-corrected chi connectivity index (χ1v) is 14.2. The minimum atomic E-state index is -1.44. The zero-order valence-corrected chi connectivity index (χ0v) is 24.4. The molecular formula is C28H46N8O5. The lowest BCUT2D eigenvalue weighted by Crippen LogP contribution is -2.63. The van der Waals surface area contributed by atoms with Gasteiger partial charge in [-0.2, -0.15) is 0 Å². The van der Waals surface area contributed by atoms with Crippen molar-refractivity contribution in [3.8, 4) is 0 Å². The fraction of sp³-hybridized carbons (Fsp3) is 0.607. The summed E-state index contributed by atoms with van der Waals surface area (Å²) in [6, 6.07) is 5.76. The van der Waals surface area contributed by atoms with Crippen molar-refractivity contribution in [2.24, 2.45) is 17.4 Å². The van der Waals surface area contributed by atoms with E-state index in [1.54, 1.807) is 51.1 Å². The third kappa shape index (κ3) is 10.4. The van der Waals surface area contributed by atoms with Gasteiger partial charge in [0.1, 0.15) is 30.0 Å². The third-order valence-electron chi connectivity index (χ3n) is 6.91. The minimum Gasteiger partial charge on any atom is -0.354 e. The van der Waals surface area contributed by atoms with Crippen LogP contribution in [0.2, 0.25) is 0 Å². The number of rotatable bonds is 10. The highest BCUT2D eigenvalue weighted by Gasteiger charge is 2.39. The molecule has 41 heavy (non-hydrogen) atoms. The molecule has 0 aliphatic carbocycles. The van der Waals surface area contributed by atoms with Crippen LogP contribution in [0.4, 0.5) is 0 Å². The predicted octanol–water partition coefficient (Wildman–Crippen LogP) is -0.765. The Hall–Kier alpha value is -3.55. The fourth-order valence-corrected chi connectivity index (χ4v) is 4.37. The van der Waals surface area contributed by atoms with Crippen molar-refractivity contribution in [3.63, 3.8) is 0 Å². The lowest BCUT2D eigenvalue weighted by molar-refractivity contribution is -0.138. The van der Waals surface area contributed by atoms with E-state index in [9.17, 15) is 24.0 Å². The van der Waals surface area contributed by atoms with E-state index in [0.717, 1.165) is 0 Å². The van der Waals surface area contributed by atoms with E-state index in [1.807, 2.05) is 6.92 Å². The highest BCUT2D eigenvalue weighted by atomic mass is 16.2. The molecule has 0 aromatic heterocycles. The average molecular weight is 575 g/mol. The number of carbonyl (C=O) groups excluding carboxylic acids is 5. The largest absolute Gasteiger partial charge is 0.354 e. The third-order valence-corrected chi connectivity index (χ3v) is 6.91. The van der Waals surface area contributed by atoms with Crippen molar-refractivity contribution >= 4 is 29.5 Å². The maximum atomic E-state index is 13.6. The molecule has 0 saturated carbocycles. The Kier molecular flexibility index (Phi) is 13.2. The lowest BCUT2D eigenvalue weighted by Gasteiger charge is -2.33. The molecule has 5 amide bonds. The van der Waals surface area contributed by atoms with Crippen LogP contribution in [0.15, 0.2) is 30.3 Å². The van der Waals surface area contributed by atoms with Crippen molar-refractivity contribution in [3.05, 3.63) is 35.9 Å². The lowest BCUT2D eigenvalue weighted by atomic mass is 9.93. The number of nitrogens with two attached hydrogens (primary N) is 2. The summed E-state index contributed by atoms with van der Waals surface area (Å²) in [6.07, 6.45) is 0.851. The standard InChI is InChI=1S/C28H46N8O5/c1-5-10-19-24(39)35-21(18-11-7-6-8-12-18)25(40)31-16-14-28(4,36-22(37)17(2)3)26(41)34-20(23(38)33-19)13-9-15-32-27(29)30/h6-8,11-12,17,19-21,27,32H,5,9-10,13-16,29-30H2,1-4H3,(H,31,40)(H,33,38)(H,34,41)(H,35,39)(H,36,37)/t19-,20-,21+,28+/m0/s1. The average Bonchev–Trinajstić information content (AvgIpc) is 2.92. The van der Waals surface area contributed by atoms with Crippen LogP contribution < -0.4 is 43.4 Å². The van der Waals surface area contributed by atoms with Crippen LogP contribution >= 0.6 is 0 Å². The summed E-state index contributed by atoms with van der Waals surface area (Å²) >= 11 is 0. The molecule has 1 aromatic rings. The van der Waals surface area contributed by atoms with Gasteiger partial charge >= 0.3 is 0 Å². The molecule has 0 radical (unpaired) electrons. The van der Waals surface area contributed by atoms with Crippen molar-refractivity contribution in [1.29, 1.82) is 0 Å². The molecule has 0 spiro atoms. The number of amides is 5. The van der Waals surface area contributed by atoms with Crippen LogP contribution in [-0.2, 0) is 24.0 Å². The van der Waals surface area contributed by atoms with Crippen LogP contribution in [0.5, 0.6) is 0 Å². The minimum absolute atomic E-state index is 0.0217. The zero-order chi connectivity index (χ0) is 30.6. The van der Waals surface area contributed by atoms with Gasteiger partial charge in [0.25, 0.3) is 0 Å². The first-order valence-electron chi connectivity index (χ1n) is 14.2. The van der Waals surface area contributed by atoms with E-state index < -0.39 is 59.5 Å². The normalized spacial score (nSPS) is 24.6. The molecule has 1 fully saturated rings. The maximum Gasteiger partial charge on any atom is 0.247 e. The number of hydrogen-bond donors (Lipinski definition) is 8. The highest BCUT2D eigenvalue weighted by Crippen LogP contribution is 2.17. The van der Waals surface area contributed by atoms with Crippen LogP contribution in [0.25, 0.3) is 0 Å². The number of carbonyl (C=O) groups is 5. The van der Waals surface area contributed by atoms with E-state index in [0.29, 0.717) is 31.4 Å². The van der Waals surface area contributed by atoms with Crippen LogP contribution in [0.1, 0.15) is 71.4 Å². The first-order chi connectivity index (χ1) is 19.4. The van der Waals surface area contributed by atoms with Crippen LogP contribution in [0, 0.1) is 5.92 Å². The molecule has 13 heteroatoms. The maximum absolute atomic E-state index is 13.6. The molecule has 228 valence electrons. The number of hydrogen-bond acceptors (Lipinski definition) is 8. The van der Waals surface area contributed by atoms with E-state index in [-0.39, 0.29) is 25.3 Å². The van der Waals surface area contributed by atoms with Gasteiger partial charge in [-0.25, -0.2) is 0 Å². The van der Waals surface area contributed by atoms with Gasteiger partial charge in [0.05, 0.1) is 0 Å². The van der Waals surface area contributed by atoms with Crippen molar-refractivity contribution in [2.45, 2.75) is 89.8 Å². The SMILES string of the molecule is CCC[C@@H]1NC(=O)[C@H](CCCNC(N)N)NC(=O)[C@](C)(NC(=O)C(C)C)CCNC(=O)[C@@H](c2ccccc2)NC1=O. The molecule has 4 atom stereocenters. The summed E-state index contributed by atoms with van der Waals surface area (Å²) in [5, 5.41) is 16.8. The van der Waals surface area contributed by atoms with Gasteiger partial charge in [-0.3, -0.25) is 29.3 Å². The summed E-state index contributed by atoms with van der Waals surface area (Å²) in [5.41, 5.74) is 10.2. The number of benzene rings is 1. The topological polar surface area (TPSA) is 210 Å². The Bertz CT molecular complexity index is 1050. The Balaban J connectivity index is 2.46. The predicted molar refractivity (Wildman–Crippen MR) is 155 cm³/mol. The molecule has 10 N–H and O–H groups in total. The summed E-state index contributed by atoms with van der Waals surface area (Å²) < 4.78 is 0. The molecule has 1 saturated heterocycles. The fourth-order valence-electron chi connectivity index (χ4n) is 4.37. The van der Waals surface area contributed by atoms with Crippen molar-refractivity contribution < 1.29 is 24.0 Å². The molecule has 13 nitrogen and oxygen atoms in total. The molecule has 1 aliphatic rings. The summed E-state index contributed by atoms with van der Waals surface area (Å²) in [7, 11) is 0. The van der Waals surface area contributed by atoms with Crippen LogP contribution in [-0.4, -0.2) is 66.5 Å². The van der Waals surface area contributed by atoms with Gasteiger partial charge in [-0.1, -0.05) is 57.5 Å². The van der Waals surface area contributed by atoms with E-state index in [4.69, 9.17) is 11.5 Å².